The van der Waals surface area contributed by atoms with E-state index in [2.05, 4.69) is 5.32 Å². The summed E-state index contributed by atoms with van der Waals surface area (Å²) in [6.45, 7) is 5.79. The van der Waals surface area contributed by atoms with Gasteiger partial charge in [0.15, 0.2) is 0 Å². The molecule has 102 valence electrons. The molecule has 0 saturated heterocycles. The molecule has 1 rings (SSSR count). The first kappa shape index (κ1) is 14.9. The predicted octanol–water partition coefficient (Wildman–Crippen LogP) is 3.14. The minimum absolute atomic E-state index is 0.0148. The van der Waals surface area contributed by atoms with Gasteiger partial charge in [0.05, 0.1) is 10.6 Å². The van der Waals surface area contributed by atoms with Crippen LogP contribution in [0.4, 0.5) is 14.5 Å². The maximum Gasteiger partial charge on any atom is 0.341 e. The molecular weight excluding hydrogens is 260 g/mol. The molecule has 0 amide bonds. The molecule has 1 aromatic rings. The third kappa shape index (κ3) is 3.19. The van der Waals surface area contributed by atoms with Gasteiger partial charge in [0.1, 0.15) is 0 Å². The molecular formula is C12H17F2NO2S. The number of para-hydroxylation sites is 1. The summed E-state index contributed by atoms with van der Waals surface area (Å²) in [5, 5.41) is 2.96. The van der Waals surface area contributed by atoms with Crippen molar-refractivity contribution in [2.24, 2.45) is 5.92 Å². The number of halogens is 2. The Morgan fingerprint density at radius 2 is 1.67 bits per heavy atom. The zero-order chi connectivity index (χ0) is 13.9. The van der Waals surface area contributed by atoms with Gasteiger partial charge in [-0.2, -0.15) is 8.78 Å². The second-order valence-corrected chi connectivity index (χ2v) is 6.37. The number of sulfone groups is 1. The van der Waals surface area contributed by atoms with Crippen molar-refractivity contribution in [1.82, 2.24) is 0 Å². The van der Waals surface area contributed by atoms with Gasteiger partial charge < -0.3 is 5.32 Å². The van der Waals surface area contributed by atoms with Gasteiger partial charge >= 0.3 is 5.76 Å². The average Bonchev–Trinajstić information content (AvgIpc) is 2.29. The van der Waals surface area contributed by atoms with Crippen molar-refractivity contribution >= 4 is 15.5 Å². The SMILES string of the molecule is CC(C)C(C)Nc1ccccc1S(=O)(=O)C(F)F. The molecule has 0 fully saturated rings. The first-order valence-electron chi connectivity index (χ1n) is 5.64. The summed E-state index contributed by atoms with van der Waals surface area (Å²) in [5.41, 5.74) is 0.221. The Bertz CT molecular complexity index is 501. The van der Waals surface area contributed by atoms with E-state index in [1.807, 2.05) is 20.8 Å². The molecule has 0 saturated carbocycles. The van der Waals surface area contributed by atoms with Crippen LogP contribution in [0.2, 0.25) is 0 Å². The van der Waals surface area contributed by atoms with Crippen molar-refractivity contribution in [2.75, 3.05) is 5.32 Å². The highest BCUT2D eigenvalue weighted by Crippen LogP contribution is 2.27. The van der Waals surface area contributed by atoms with Crippen LogP contribution >= 0.6 is 0 Å². The standard InChI is InChI=1S/C12H17F2NO2S/c1-8(2)9(3)15-10-6-4-5-7-11(10)18(16,17)12(13)14/h4-9,12,15H,1-3H3. The van der Waals surface area contributed by atoms with Crippen LogP contribution in [0.1, 0.15) is 20.8 Å². The predicted molar refractivity (Wildman–Crippen MR) is 67.6 cm³/mol. The Morgan fingerprint density at radius 3 is 2.17 bits per heavy atom. The minimum Gasteiger partial charge on any atom is -0.381 e. The highest BCUT2D eigenvalue weighted by molar-refractivity contribution is 7.91. The third-order valence-corrected chi connectivity index (χ3v) is 4.25. The smallest absolute Gasteiger partial charge is 0.341 e. The Labute approximate surface area is 106 Å². The second kappa shape index (κ2) is 5.65. The van der Waals surface area contributed by atoms with Gasteiger partial charge in [-0.3, -0.25) is 0 Å². The van der Waals surface area contributed by atoms with Crippen LogP contribution in [0.15, 0.2) is 29.2 Å². The molecule has 0 aromatic heterocycles. The van der Waals surface area contributed by atoms with Crippen LogP contribution in [-0.4, -0.2) is 20.2 Å². The van der Waals surface area contributed by atoms with E-state index in [0.29, 0.717) is 0 Å². The van der Waals surface area contributed by atoms with Crippen LogP contribution in [0.5, 0.6) is 0 Å². The van der Waals surface area contributed by atoms with Crippen LogP contribution in [0.3, 0.4) is 0 Å². The Balaban J connectivity index is 3.16. The fourth-order valence-electron chi connectivity index (χ4n) is 1.34. The molecule has 1 aromatic carbocycles. The van der Waals surface area contributed by atoms with Gasteiger partial charge in [-0.05, 0) is 25.0 Å². The lowest BCUT2D eigenvalue weighted by Gasteiger charge is -2.20. The summed E-state index contributed by atoms with van der Waals surface area (Å²) in [6, 6.07) is 5.71. The minimum atomic E-state index is -4.57. The van der Waals surface area contributed by atoms with Crippen molar-refractivity contribution in [3.05, 3.63) is 24.3 Å². The maximum absolute atomic E-state index is 12.6. The van der Waals surface area contributed by atoms with Crippen molar-refractivity contribution < 1.29 is 17.2 Å². The molecule has 0 aliphatic rings. The topological polar surface area (TPSA) is 46.2 Å². The largest absolute Gasteiger partial charge is 0.381 e. The van der Waals surface area contributed by atoms with E-state index in [0.717, 1.165) is 0 Å². The summed E-state index contributed by atoms with van der Waals surface area (Å²) < 4.78 is 48.1. The monoisotopic (exact) mass is 277 g/mol. The molecule has 0 aliphatic heterocycles. The first-order chi connectivity index (χ1) is 8.26. The van der Waals surface area contributed by atoms with Gasteiger partial charge in [0, 0.05) is 6.04 Å². The lowest BCUT2D eigenvalue weighted by atomic mass is 10.1. The lowest BCUT2D eigenvalue weighted by molar-refractivity contribution is 0.235. The summed E-state index contributed by atoms with van der Waals surface area (Å²) >= 11 is 0. The average molecular weight is 277 g/mol. The molecule has 1 N–H and O–H groups in total. The first-order valence-corrected chi connectivity index (χ1v) is 7.19. The molecule has 0 spiro atoms. The highest BCUT2D eigenvalue weighted by Gasteiger charge is 2.29. The summed E-state index contributed by atoms with van der Waals surface area (Å²) in [6.07, 6.45) is 0. The number of rotatable bonds is 5. The second-order valence-electron chi connectivity index (χ2n) is 4.48. The summed E-state index contributed by atoms with van der Waals surface area (Å²) in [7, 11) is -4.57. The quantitative estimate of drug-likeness (QED) is 0.899. The van der Waals surface area contributed by atoms with Crippen molar-refractivity contribution in [3.8, 4) is 0 Å². The Hall–Kier alpha value is -1.17. The number of alkyl halides is 2. The van der Waals surface area contributed by atoms with E-state index in [1.54, 1.807) is 6.07 Å². The number of benzene rings is 1. The molecule has 18 heavy (non-hydrogen) atoms. The molecule has 6 heteroatoms. The molecule has 0 heterocycles. The molecule has 0 radical (unpaired) electrons. The lowest BCUT2D eigenvalue weighted by Crippen LogP contribution is -2.23. The van der Waals surface area contributed by atoms with Gasteiger partial charge in [-0.15, -0.1) is 0 Å². The summed E-state index contributed by atoms with van der Waals surface area (Å²) in [4.78, 5) is -0.354. The van der Waals surface area contributed by atoms with Crippen LogP contribution < -0.4 is 5.32 Å². The van der Waals surface area contributed by atoms with Crippen LogP contribution in [-0.2, 0) is 9.84 Å². The maximum atomic E-state index is 12.6. The van der Waals surface area contributed by atoms with E-state index >= 15 is 0 Å². The molecule has 0 bridgehead atoms. The van der Waals surface area contributed by atoms with Gasteiger partial charge in [-0.1, -0.05) is 26.0 Å². The van der Waals surface area contributed by atoms with Crippen molar-refractivity contribution in [3.63, 3.8) is 0 Å². The van der Waals surface area contributed by atoms with Gasteiger partial charge in [-0.25, -0.2) is 8.42 Å². The van der Waals surface area contributed by atoms with Gasteiger partial charge in [0.2, 0.25) is 9.84 Å². The van der Waals surface area contributed by atoms with E-state index < -0.39 is 15.6 Å². The fraction of sp³-hybridized carbons (Fsp3) is 0.500. The van der Waals surface area contributed by atoms with Crippen LogP contribution in [0, 0.1) is 5.92 Å². The number of nitrogens with one attached hydrogen (secondary N) is 1. The zero-order valence-electron chi connectivity index (χ0n) is 10.5. The van der Waals surface area contributed by atoms with E-state index in [1.165, 1.54) is 18.2 Å². The molecule has 1 atom stereocenters. The summed E-state index contributed by atoms with van der Waals surface area (Å²) in [5.74, 6) is -3.15. The normalized spacial score (nSPS) is 13.9. The number of anilines is 1. The van der Waals surface area contributed by atoms with Crippen molar-refractivity contribution in [1.29, 1.82) is 0 Å². The number of hydrogen-bond acceptors (Lipinski definition) is 3. The Morgan fingerprint density at radius 1 is 1.11 bits per heavy atom. The molecule has 0 aliphatic carbocycles. The van der Waals surface area contributed by atoms with E-state index in [9.17, 15) is 17.2 Å². The highest BCUT2D eigenvalue weighted by atomic mass is 32.2. The van der Waals surface area contributed by atoms with E-state index in [-0.39, 0.29) is 22.5 Å². The zero-order valence-corrected chi connectivity index (χ0v) is 11.3. The molecule has 1 unspecified atom stereocenters. The Kier molecular flexibility index (Phi) is 4.67. The number of hydrogen-bond donors (Lipinski definition) is 1. The van der Waals surface area contributed by atoms with Crippen LogP contribution in [0.25, 0.3) is 0 Å². The fourth-order valence-corrected chi connectivity index (χ4v) is 2.24. The molecule has 3 nitrogen and oxygen atoms in total. The van der Waals surface area contributed by atoms with Gasteiger partial charge in [0.25, 0.3) is 0 Å². The third-order valence-electron chi connectivity index (χ3n) is 2.81. The van der Waals surface area contributed by atoms with E-state index in [4.69, 9.17) is 0 Å². The van der Waals surface area contributed by atoms with Crippen molar-refractivity contribution in [2.45, 2.75) is 37.5 Å².